The van der Waals surface area contributed by atoms with Gasteiger partial charge in [-0.15, -0.1) is 0 Å². The Hall–Kier alpha value is -2.64. The van der Waals surface area contributed by atoms with Crippen LogP contribution >= 0.6 is 15.9 Å². The summed E-state index contributed by atoms with van der Waals surface area (Å²) in [7, 11) is 0. The Morgan fingerprint density at radius 2 is 1.72 bits per heavy atom. The average molecular weight is 608 g/mol. The maximum atomic E-state index is 13.0. The van der Waals surface area contributed by atoms with E-state index in [1.54, 1.807) is 6.20 Å². The van der Waals surface area contributed by atoms with Crippen molar-refractivity contribution in [2.75, 3.05) is 38.6 Å². The Morgan fingerprint density at radius 1 is 1.10 bits per heavy atom. The van der Waals surface area contributed by atoms with Gasteiger partial charge >= 0.3 is 11.9 Å². The number of ether oxygens (including phenoxy) is 1. The van der Waals surface area contributed by atoms with E-state index in [2.05, 4.69) is 25.8 Å². The third-order valence-electron chi connectivity index (χ3n) is 8.00. The molecule has 11 nitrogen and oxygen atoms in total. The van der Waals surface area contributed by atoms with Crippen LogP contribution in [-0.4, -0.2) is 93.1 Å². The number of fused-ring (bicyclic) bond motifs is 2. The third kappa shape index (κ3) is 6.93. The highest BCUT2D eigenvalue weighted by molar-refractivity contribution is 9.10. The lowest BCUT2D eigenvalue weighted by molar-refractivity contribution is -0.165. The van der Waals surface area contributed by atoms with Crippen LogP contribution in [0.15, 0.2) is 28.9 Å². The van der Waals surface area contributed by atoms with Crippen molar-refractivity contribution >= 4 is 50.2 Å². The van der Waals surface area contributed by atoms with Gasteiger partial charge in [0.1, 0.15) is 0 Å². The van der Waals surface area contributed by atoms with Crippen LogP contribution in [0.2, 0.25) is 0 Å². The molecular weight excluding hydrogens is 574 g/mol. The van der Waals surface area contributed by atoms with Crippen LogP contribution in [0, 0.1) is 23.7 Å². The van der Waals surface area contributed by atoms with E-state index in [0.717, 1.165) is 58.7 Å². The molecule has 6 N–H and O–H groups in total. The van der Waals surface area contributed by atoms with Crippen molar-refractivity contribution in [3.63, 3.8) is 0 Å². The summed E-state index contributed by atoms with van der Waals surface area (Å²) in [5, 5.41) is 33.4. The van der Waals surface area contributed by atoms with E-state index in [-0.39, 0.29) is 5.78 Å². The third-order valence-corrected chi connectivity index (χ3v) is 8.65. The number of aliphatic hydroxyl groups is 2. The molecule has 3 heterocycles. The van der Waals surface area contributed by atoms with Gasteiger partial charge in [0.25, 0.3) is 0 Å². The largest absolute Gasteiger partial charge is 0.479 e. The summed E-state index contributed by atoms with van der Waals surface area (Å²) >= 11 is 3.50. The van der Waals surface area contributed by atoms with E-state index >= 15 is 0 Å². The molecule has 212 valence electrons. The summed E-state index contributed by atoms with van der Waals surface area (Å²) in [5.41, 5.74) is 8.20. The lowest BCUT2D eigenvalue weighted by Crippen LogP contribution is -2.39. The molecule has 39 heavy (non-hydrogen) atoms. The zero-order chi connectivity index (χ0) is 28.3. The minimum absolute atomic E-state index is 0.179. The molecule has 1 aromatic carbocycles. The monoisotopic (exact) mass is 607 g/mol. The average Bonchev–Trinajstić information content (AvgIpc) is 3.39. The topological polar surface area (TPSA) is 184 Å². The normalized spacial score (nSPS) is 24.3. The number of carbonyl (C=O) groups is 3. The number of aliphatic hydroxyl groups excluding tert-OH is 2. The number of anilines is 1. The Labute approximate surface area is 234 Å². The summed E-state index contributed by atoms with van der Waals surface area (Å²) in [5.74, 6) is -0.220. The number of carboxylic acids is 2. The first-order valence-electron chi connectivity index (χ1n) is 13.1. The summed E-state index contributed by atoms with van der Waals surface area (Å²) in [6.07, 6.45) is 1.21. The number of halogens is 1. The fourth-order valence-corrected chi connectivity index (χ4v) is 6.20. The molecule has 0 amide bonds. The van der Waals surface area contributed by atoms with Crippen LogP contribution in [0.25, 0.3) is 10.9 Å². The number of nitrogens with two attached hydrogens (primary N) is 1. The Balaban J connectivity index is 0.000000303. The number of hydrogen-bond acceptors (Lipinski definition) is 9. The van der Waals surface area contributed by atoms with Gasteiger partial charge in [-0.2, -0.15) is 0 Å². The Bertz CT molecular complexity index is 1190. The van der Waals surface area contributed by atoms with E-state index in [1.165, 1.54) is 32.5 Å². The van der Waals surface area contributed by atoms with Gasteiger partial charge in [-0.1, -0.05) is 0 Å². The number of pyridine rings is 1. The summed E-state index contributed by atoms with van der Waals surface area (Å²) in [6.45, 7) is 5.54. The molecule has 1 saturated carbocycles. The van der Waals surface area contributed by atoms with Crippen LogP contribution in [0.3, 0.4) is 0 Å². The predicted octanol–water partition coefficient (Wildman–Crippen LogP) is 2.02. The molecule has 0 spiro atoms. The minimum Gasteiger partial charge on any atom is -0.479 e. The number of aliphatic carboxylic acids is 2. The first-order valence-corrected chi connectivity index (χ1v) is 13.9. The Morgan fingerprint density at radius 3 is 2.31 bits per heavy atom. The number of carbonyl (C=O) groups excluding carboxylic acids is 1. The molecule has 2 aliphatic heterocycles. The smallest absolute Gasteiger partial charge is 0.335 e. The maximum Gasteiger partial charge on any atom is 0.335 e. The minimum atomic E-state index is -2.27. The van der Waals surface area contributed by atoms with Gasteiger partial charge in [-0.3, -0.25) is 9.78 Å². The Kier molecular flexibility index (Phi) is 9.55. The first-order chi connectivity index (χ1) is 18.6. The summed E-state index contributed by atoms with van der Waals surface area (Å²) in [6, 6.07) is 5.63. The SMILES string of the molecule is Nc1c(Br)cc(C(=O)CCC2C3CN(CC4CCOCC4)CC23)c2ncccc12.O=C(O)C(O)C(O)C(=O)O. The molecule has 1 aliphatic carbocycles. The van der Waals surface area contributed by atoms with Crippen molar-refractivity contribution in [1.82, 2.24) is 9.88 Å². The molecule has 4 atom stereocenters. The number of hydrogen-bond donors (Lipinski definition) is 5. The van der Waals surface area contributed by atoms with E-state index < -0.39 is 24.1 Å². The van der Waals surface area contributed by atoms with Gasteiger partial charge in [0.2, 0.25) is 0 Å². The zero-order valence-corrected chi connectivity index (χ0v) is 23.0. The number of benzene rings is 1. The molecule has 2 aromatic rings. The number of aromatic nitrogens is 1. The standard InChI is InChI=1S/C23H28BrN3O2.C4H6O6/c24-20-10-17(23-16(22(20)25)2-1-7-26-23)21(28)4-3-15-18-12-27(13-19(15)18)11-14-5-8-29-9-6-14;5-1(3(7)8)2(6)4(9)10/h1-2,7,10,14-15,18-19H,3-6,8-9,11-13,25H2;1-2,5-6H,(H,7,8)(H,9,10). The van der Waals surface area contributed by atoms with Gasteiger partial charge < -0.3 is 35.8 Å². The highest BCUT2D eigenvalue weighted by Gasteiger charge is 2.54. The van der Waals surface area contributed by atoms with E-state index in [0.29, 0.717) is 17.7 Å². The van der Waals surface area contributed by atoms with Crippen molar-refractivity contribution in [3.05, 3.63) is 34.4 Å². The quantitative estimate of drug-likeness (QED) is 0.207. The van der Waals surface area contributed by atoms with Gasteiger partial charge in [-0.25, -0.2) is 9.59 Å². The maximum absolute atomic E-state index is 13.0. The van der Waals surface area contributed by atoms with Crippen molar-refractivity contribution in [3.8, 4) is 0 Å². The van der Waals surface area contributed by atoms with Gasteiger partial charge in [0, 0.05) is 60.9 Å². The molecule has 4 unspecified atom stereocenters. The fourth-order valence-electron chi connectivity index (χ4n) is 5.76. The number of rotatable bonds is 9. The van der Waals surface area contributed by atoms with Gasteiger partial charge in [0.05, 0.1) is 11.2 Å². The van der Waals surface area contributed by atoms with Crippen LogP contribution < -0.4 is 5.73 Å². The highest BCUT2D eigenvalue weighted by Crippen LogP contribution is 2.54. The number of likely N-dealkylation sites (tertiary alicyclic amines) is 1. The fraction of sp³-hybridized carbons (Fsp3) is 0.556. The van der Waals surface area contributed by atoms with Crippen molar-refractivity contribution < 1.29 is 39.5 Å². The van der Waals surface area contributed by atoms with Crippen LogP contribution in [0.1, 0.15) is 36.0 Å². The number of Topliss-reactive ketones (excluding diaryl/α,β-unsaturated/α-hetero) is 1. The second-order valence-corrected chi connectivity index (χ2v) is 11.4. The second-order valence-electron chi connectivity index (χ2n) is 10.5. The first kappa shape index (κ1) is 29.3. The van der Waals surface area contributed by atoms with Crippen LogP contribution in [0.5, 0.6) is 0 Å². The van der Waals surface area contributed by atoms with E-state index in [4.69, 9.17) is 30.9 Å². The second kappa shape index (κ2) is 12.7. The summed E-state index contributed by atoms with van der Waals surface area (Å²) in [4.78, 5) is 39.6. The van der Waals surface area contributed by atoms with Crippen LogP contribution in [-0.2, 0) is 14.3 Å². The predicted molar refractivity (Wildman–Crippen MR) is 145 cm³/mol. The van der Waals surface area contributed by atoms with Crippen LogP contribution in [0.4, 0.5) is 5.69 Å². The number of nitrogens with zero attached hydrogens (tertiary/aromatic N) is 2. The molecule has 2 saturated heterocycles. The zero-order valence-electron chi connectivity index (χ0n) is 21.4. The molecule has 0 radical (unpaired) electrons. The van der Waals surface area contributed by atoms with E-state index in [1.807, 2.05) is 18.2 Å². The van der Waals surface area contributed by atoms with Crippen molar-refractivity contribution in [2.24, 2.45) is 23.7 Å². The number of ketones is 1. The lowest BCUT2D eigenvalue weighted by atomic mass is 9.98. The van der Waals surface area contributed by atoms with Gasteiger partial charge in [-0.05, 0) is 77.1 Å². The molecular formula is C27H34BrN3O8. The lowest BCUT2D eigenvalue weighted by Gasteiger charge is -2.28. The highest BCUT2D eigenvalue weighted by atomic mass is 79.9. The summed E-state index contributed by atoms with van der Waals surface area (Å²) < 4.78 is 6.25. The molecule has 3 aliphatic rings. The molecule has 12 heteroatoms. The molecule has 1 aromatic heterocycles. The number of nitrogen functional groups attached to an aromatic ring is 1. The molecule has 0 bridgehead atoms. The van der Waals surface area contributed by atoms with Crippen molar-refractivity contribution in [1.29, 1.82) is 0 Å². The number of piperidine rings is 1. The molecule has 5 rings (SSSR count). The molecule has 3 fully saturated rings. The number of carboxylic acid groups (broad SMARTS) is 2. The van der Waals surface area contributed by atoms with Crippen molar-refractivity contribution in [2.45, 2.75) is 37.9 Å². The van der Waals surface area contributed by atoms with E-state index in [9.17, 15) is 14.4 Å². The van der Waals surface area contributed by atoms with Gasteiger partial charge in [0.15, 0.2) is 18.0 Å².